The summed E-state index contributed by atoms with van der Waals surface area (Å²) >= 11 is 6.18. The number of anilines is 2. The number of hydrogen-bond donors (Lipinski definition) is 3. The van der Waals surface area contributed by atoms with Crippen LogP contribution >= 0.6 is 11.6 Å². The van der Waals surface area contributed by atoms with Gasteiger partial charge in [-0.25, -0.2) is 0 Å². The second-order valence-corrected chi connectivity index (χ2v) is 7.63. The van der Waals surface area contributed by atoms with Crippen molar-refractivity contribution in [2.45, 2.75) is 18.9 Å². The zero-order valence-electron chi connectivity index (χ0n) is 16.7. The van der Waals surface area contributed by atoms with Gasteiger partial charge < -0.3 is 20.7 Å². The number of carbonyl (C=O) groups is 2. The van der Waals surface area contributed by atoms with Crippen LogP contribution in [0.15, 0.2) is 72.8 Å². The van der Waals surface area contributed by atoms with Crippen LogP contribution in [0.1, 0.15) is 23.2 Å². The van der Waals surface area contributed by atoms with Gasteiger partial charge in [-0.1, -0.05) is 48.0 Å². The van der Waals surface area contributed by atoms with E-state index in [1.54, 1.807) is 42.5 Å². The first-order valence-corrected chi connectivity index (χ1v) is 10.4. The number of benzene rings is 3. The van der Waals surface area contributed by atoms with Crippen molar-refractivity contribution in [1.29, 1.82) is 0 Å². The Labute approximate surface area is 185 Å². The molecule has 1 fully saturated rings. The lowest BCUT2D eigenvalue weighted by atomic mass is 10.1. The number of carbonyl (C=O) groups excluding carboxylic acids is 2. The number of amides is 2. The molecule has 158 valence electrons. The molecule has 3 N–H and O–H groups in total. The van der Waals surface area contributed by atoms with Gasteiger partial charge in [-0.05, 0) is 49.2 Å². The van der Waals surface area contributed by atoms with Crippen molar-refractivity contribution in [2.75, 3.05) is 17.2 Å². The average Bonchev–Trinajstić information content (AvgIpc) is 3.59. The lowest BCUT2D eigenvalue weighted by Gasteiger charge is -2.14. The van der Waals surface area contributed by atoms with E-state index in [0.29, 0.717) is 33.5 Å². The van der Waals surface area contributed by atoms with Crippen molar-refractivity contribution in [2.24, 2.45) is 0 Å². The summed E-state index contributed by atoms with van der Waals surface area (Å²) in [5, 5.41) is 9.33. The van der Waals surface area contributed by atoms with Crippen LogP contribution in [-0.4, -0.2) is 24.4 Å². The molecule has 7 heteroatoms. The topological polar surface area (TPSA) is 79.5 Å². The van der Waals surface area contributed by atoms with Crippen LogP contribution < -0.4 is 20.7 Å². The first-order chi connectivity index (χ1) is 15.1. The molecule has 0 atom stereocenters. The Hall–Kier alpha value is -3.51. The van der Waals surface area contributed by atoms with Gasteiger partial charge in [0.15, 0.2) is 5.75 Å². The molecule has 0 unspecified atom stereocenters. The monoisotopic (exact) mass is 435 g/mol. The maximum absolute atomic E-state index is 12.6. The molecule has 3 aromatic rings. The van der Waals surface area contributed by atoms with Crippen molar-refractivity contribution >= 4 is 34.8 Å². The zero-order chi connectivity index (χ0) is 21.6. The lowest BCUT2D eigenvalue weighted by Crippen LogP contribution is -2.28. The van der Waals surface area contributed by atoms with Gasteiger partial charge in [0.1, 0.15) is 5.75 Å². The SMILES string of the molecule is O=C(CNc1ccccc1Oc1ccccc1Cl)Nc1ccccc1C(=O)NC1CC1. The fourth-order valence-corrected chi connectivity index (χ4v) is 3.17. The third kappa shape index (κ3) is 5.55. The van der Waals surface area contributed by atoms with Crippen LogP contribution in [0.2, 0.25) is 5.02 Å². The van der Waals surface area contributed by atoms with E-state index in [0.717, 1.165) is 12.8 Å². The van der Waals surface area contributed by atoms with Crippen molar-refractivity contribution in [1.82, 2.24) is 5.32 Å². The Balaban J connectivity index is 1.40. The van der Waals surface area contributed by atoms with Crippen LogP contribution in [0, 0.1) is 0 Å². The lowest BCUT2D eigenvalue weighted by molar-refractivity contribution is -0.114. The summed E-state index contributed by atoms with van der Waals surface area (Å²) in [5.74, 6) is 0.621. The number of halogens is 1. The van der Waals surface area contributed by atoms with Crippen molar-refractivity contribution in [3.05, 3.63) is 83.4 Å². The summed E-state index contributed by atoms with van der Waals surface area (Å²) in [6.45, 7) is 0.00146. The molecule has 1 saturated carbocycles. The van der Waals surface area contributed by atoms with Crippen LogP contribution in [0.3, 0.4) is 0 Å². The predicted molar refractivity (Wildman–Crippen MR) is 122 cm³/mol. The molecule has 3 aromatic carbocycles. The summed E-state index contributed by atoms with van der Waals surface area (Å²) in [7, 11) is 0. The molecule has 31 heavy (non-hydrogen) atoms. The second kappa shape index (κ2) is 9.53. The second-order valence-electron chi connectivity index (χ2n) is 7.22. The molecular weight excluding hydrogens is 414 g/mol. The van der Waals surface area contributed by atoms with Gasteiger partial charge >= 0.3 is 0 Å². The van der Waals surface area contributed by atoms with E-state index in [1.807, 2.05) is 30.3 Å². The van der Waals surface area contributed by atoms with E-state index in [-0.39, 0.29) is 24.4 Å². The van der Waals surface area contributed by atoms with Crippen molar-refractivity contribution < 1.29 is 14.3 Å². The molecule has 1 aliphatic rings. The highest BCUT2D eigenvalue weighted by atomic mass is 35.5. The summed E-state index contributed by atoms with van der Waals surface area (Å²) in [6.07, 6.45) is 2.00. The number of hydrogen-bond acceptors (Lipinski definition) is 4. The molecule has 0 radical (unpaired) electrons. The minimum Gasteiger partial charge on any atom is -0.454 e. The summed E-state index contributed by atoms with van der Waals surface area (Å²) in [4.78, 5) is 25.0. The van der Waals surface area contributed by atoms with Crippen LogP contribution in [0.5, 0.6) is 11.5 Å². The standard InChI is InChI=1S/C24H22ClN3O3/c25-18-8-2-5-11-21(18)31-22-12-6-4-10-20(22)26-15-23(29)28-19-9-3-1-7-17(19)24(30)27-16-13-14-16/h1-12,16,26H,13-15H2,(H,27,30)(H,28,29). The van der Waals surface area contributed by atoms with Crippen molar-refractivity contribution in [3.8, 4) is 11.5 Å². The summed E-state index contributed by atoms with van der Waals surface area (Å²) < 4.78 is 5.91. The highest BCUT2D eigenvalue weighted by Gasteiger charge is 2.25. The van der Waals surface area contributed by atoms with E-state index < -0.39 is 0 Å². The Kier molecular flexibility index (Phi) is 6.38. The van der Waals surface area contributed by atoms with E-state index in [2.05, 4.69) is 16.0 Å². The van der Waals surface area contributed by atoms with Gasteiger partial charge in [0.25, 0.3) is 5.91 Å². The Morgan fingerprint density at radius 2 is 1.52 bits per heavy atom. The molecule has 0 aromatic heterocycles. The van der Waals surface area contributed by atoms with Crippen LogP contribution in [-0.2, 0) is 4.79 Å². The first-order valence-electron chi connectivity index (χ1n) is 10.0. The molecule has 0 aliphatic heterocycles. The molecule has 1 aliphatic carbocycles. The molecule has 2 amide bonds. The zero-order valence-corrected chi connectivity index (χ0v) is 17.5. The minimum atomic E-state index is -0.279. The number of nitrogens with one attached hydrogen (secondary N) is 3. The number of ether oxygens (including phenoxy) is 1. The van der Waals surface area contributed by atoms with E-state index in [1.165, 1.54) is 0 Å². The van der Waals surface area contributed by atoms with Gasteiger partial charge in [0.05, 0.1) is 28.5 Å². The Morgan fingerprint density at radius 1 is 0.871 bits per heavy atom. The molecule has 0 heterocycles. The number of para-hydroxylation sites is 4. The average molecular weight is 436 g/mol. The predicted octanol–water partition coefficient (Wildman–Crippen LogP) is 5.08. The first kappa shape index (κ1) is 20.8. The van der Waals surface area contributed by atoms with E-state index >= 15 is 0 Å². The van der Waals surface area contributed by atoms with Gasteiger partial charge in [-0.3, -0.25) is 9.59 Å². The fraction of sp³-hybridized carbons (Fsp3) is 0.167. The maximum Gasteiger partial charge on any atom is 0.253 e. The van der Waals surface area contributed by atoms with Gasteiger partial charge in [0.2, 0.25) is 5.91 Å². The summed E-state index contributed by atoms with van der Waals surface area (Å²) in [5.41, 5.74) is 1.58. The van der Waals surface area contributed by atoms with Crippen molar-refractivity contribution in [3.63, 3.8) is 0 Å². The molecular formula is C24H22ClN3O3. The highest BCUT2D eigenvalue weighted by molar-refractivity contribution is 6.32. The summed E-state index contributed by atoms with van der Waals surface area (Å²) in [6, 6.07) is 21.7. The Morgan fingerprint density at radius 3 is 2.26 bits per heavy atom. The van der Waals surface area contributed by atoms with E-state index in [9.17, 15) is 9.59 Å². The van der Waals surface area contributed by atoms with Gasteiger partial charge in [-0.15, -0.1) is 0 Å². The molecule has 6 nitrogen and oxygen atoms in total. The van der Waals surface area contributed by atoms with Crippen LogP contribution in [0.4, 0.5) is 11.4 Å². The third-order valence-corrected chi connectivity index (χ3v) is 5.05. The molecule has 0 spiro atoms. The Bertz CT molecular complexity index is 1100. The van der Waals surface area contributed by atoms with Gasteiger partial charge in [0, 0.05) is 6.04 Å². The minimum absolute atomic E-state index is 0.00146. The third-order valence-electron chi connectivity index (χ3n) is 4.74. The molecule has 0 bridgehead atoms. The largest absolute Gasteiger partial charge is 0.454 e. The van der Waals surface area contributed by atoms with Gasteiger partial charge in [-0.2, -0.15) is 0 Å². The normalized spacial score (nSPS) is 12.7. The van der Waals surface area contributed by atoms with Crippen LogP contribution in [0.25, 0.3) is 0 Å². The fourth-order valence-electron chi connectivity index (χ4n) is 3.00. The quantitative estimate of drug-likeness (QED) is 0.461. The molecule has 4 rings (SSSR count). The number of rotatable bonds is 8. The highest BCUT2D eigenvalue weighted by Crippen LogP contribution is 2.33. The smallest absolute Gasteiger partial charge is 0.253 e. The van der Waals surface area contributed by atoms with E-state index in [4.69, 9.17) is 16.3 Å². The maximum atomic E-state index is 12.6. The molecule has 0 saturated heterocycles.